The quantitative estimate of drug-likeness (QED) is 0.666. The van der Waals surface area contributed by atoms with Gasteiger partial charge in [0.2, 0.25) is 5.82 Å². The molecule has 0 bridgehead atoms. The number of benzene rings is 1. The lowest BCUT2D eigenvalue weighted by atomic mass is 10.1. The molecule has 0 aliphatic rings. The Morgan fingerprint density at radius 1 is 1.19 bits per heavy atom. The third-order valence-electron chi connectivity index (χ3n) is 4.23. The Morgan fingerprint density at radius 2 is 1.92 bits per heavy atom. The Morgan fingerprint density at radius 3 is 2.58 bits per heavy atom. The number of nitriles is 2. The highest BCUT2D eigenvalue weighted by atomic mass is 16.5. The smallest absolute Gasteiger partial charge is 0.268 e. The van der Waals surface area contributed by atoms with Gasteiger partial charge >= 0.3 is 0 Å². The van der Waals surface area contributed by atoms with Crippen molar-refractivity contribution < 1.29 is 4.52 Å². The fourth-order valence-corrected chi connectivity index (χ4v) is 2.74. The van der Waals surface area contributed by atoms with Crippen LogP contribution in [0.1, 0.15) is 28.4 Å². The number of rotatable bonds is 4. The van der Waals surface area contributed by atoms with E-state index >= 15 is 0 Å². The largest absolute Gasteiger partial charge is 0.335 e. The van der Waals surface area contributed by atoms with E-state index in [1.807, 2.05) is 55.7 Å². The third kappa shape index (κ3) is 3.26. The first-order valence-electron chi connectivity index (χ1n) is 8.10. The van der Waals surface area contributed by atoms with Gasteiger partial charge in [-0.1, -0.05) is 35.0 Å². The minimum Gasteiger partial charge on any atom is -0.335 e. The van der Waals surface area contributed by atoms with Crippen LogP contribution in [0.2, 0.25) is 0 Å². The number of allylic oxidation sites excluding steroid dienone is 1. The minimum atomic E-state index is 0.174. The standard InChI is InChI=1S/C20H17N5O/c1-13-4-6-16(7-5-13)19-23-20(26-24-19)18(12-22)11-17-10-14(2)25(9-8-21)15(17)3/h4-7,10-11H,9H2,1-3H3/b18-11+. The summed E-state index contributed by atoms with van der Waals surface area (Å²) in [6.07, 6.45) is 1.71. The van der Waals surface area contributed by atoms with Crippen molar-refractivity contribution in [2.24, 2.45) is 0 Å². The SMILES string of the molecule is Cc1ccc(-c2noc(/C(C#N)=C/c3cc(C)n(CC#N)c3C)n2)cc1. The monoisotopic (exact) mass is 343 g/mol. The Balaban J connectivity index is 1.97. The van der Waals surface area contributed by atoms with Gasteiger partial charge in [0.05, 0.1) is 6.07 Å². The molecule has 0 saturated carbocycles. The van der Waals surface area contributed by atoms with E-state index < -0.39 is 0 Å². The highest BCUT2D eigenvalue weighted by molar-refractivity contribution is 5.87. The number of aromatic nitrogens is 3. The van der Waals surface area contributed by atoms with E-state index in [0.717, 1.165) is 28.1 Å². The average molecular weight is 343 g/mol. The van der Waals surface area contributed by atoms with Crippen LogP contribution in [0.4, 0.5) is 0 Å². The van der Waals surface area contributed by atoms with Gasteiger partial charge in [-0.3, -0.25) is 0 Å². The highest BCUT2D eigenvalue weighted by Gasteiger charge is 2.15. The lowest BCUT2D eigenvalue weighted by molar-refractivity contribution is 0.409. The predicted molar refractivity (Wildman–Crippen MR) is 97.5 cm³/mol. The number of hydrogen-bond donors (Lipinski definition) is 0. The summed E-state index contributed by atoms with van der Waals surface area (Å²) >= 11 is 0. The van der Waals surface area contributed by atoms with Crippen LogP contribution in [0.15, 0.2) is 34.9 Å². The van der Waals surface area contributed by atoms with Gasteiger partial charge in [0.1, 0.15) is 18.2 Å². The number of aryl methyl sites for hydroxylation is 2. The molecule has 0 spiro atoms. The Hall–Kier alpha value is -3.64. The zero-order chi connectivity index (χ0) is 18.7. The van der Waals surface area contributed by atoms with Crippen LogP contribution in [0.5, 0.6) is 0 Å². The van der Waals surface area contributed by atoms with E-state index in [-0.39, 0.29) is 18.0 Å². The molecule has 0 fully saturated rings. The third-order valence-corrected chi connectivity index (χ3v) is 4.23. The molecule has 3 rings (SSSR count). The second-order valence-corrected chi connectivity index (χ2v) is 6.03. The van der Waals surface area contributed by atoms with E-state index in [4.69, 9.17) is 9.78 Å². The van der Waals surface area contributed by atoms with Crippen LogP contribution in [0.3, 0.4) is 0 Å². The fraction of sp³-hybridized carbons (Fsp3) is 0.200. The molecule has 6 nitrogen and oxygen atoms in total. The molecule has 2 aromatic heterocycles. The molecule has 26 heavy (non-hydrogen) atoms. The molecule has 1 aromatic carbocycles. The normalized spacial score (nSPS) is 11.2. The second kappa shape index (κ2) is 7.08. The summed E-state index contributed by atoms with van der Waals surface area (Å²) in [5.41, 5.74) is 4.98. The van der Waals surface area contributed by atoms with Gasteiger partial charge < -0.3 is 9.09 Å². The summed E-state index contributed by atoms with van der Waals surface area (Å²) in [5.74, 6) is 0.615. The van der Waals surface area contributed by atoms with Crippen LogP contribution in [-0.4, -0.2) is 14.7 Å². The zero-order valence-electron chi connectivity index (χ0n) is 14.8. The van der Waals surface area contributed by atoms with Crippen LogP contribution < -0.4 is 0 Å². The maximum absolute atomic E-state index is 9.52. The maximum Gasteiger partial charge on any atom is 0.268 e. The first-order chi connectivity index (χ1) is 12.5. The number of nitrogens with zero attached hydrogens (tertiary/aromatic N) is 5. The van der Waals surface area contributed by atoms with Gasteiger partial charge in [-0.2, -0.15) is 15.5 Å². The summed E-state index contributed by atoms with van der Waals surface area (Å²) in [5, 5.41) is 22.4. The van der Waals surface area contributed by atoms with Crippen molar-refractivity contribution in [2.45, 2.75) is 27.3 Å². The molecular weight excluding hydrogens is 326 g/mol. The first-order valence-corrected chi connectivity index (χ1v) is 8.10. The van der Waals surface area contributed by atoms with Crippen LogP contribution in [0.25, 0.3) is 23.0 Å². The lowest BCUT2D eigenvalue weighted by Gasteiger charge is -2.02. The lowest BCUT2D eigenvalue weighted by Crippen LogP contribution is -2.00. The molecular formula is C20H17N5O. The van der Waals surface area contributed by atoms with Crippen molar-refractivity contribution in [2.75, 3.05) is 0 Å². The maximum atomic E-state index is 9.52. The Bertz CT molecular complexity index is 1060. The molecule has 0 atom stereocenters. The number of hydrogen-bond acceptors (Lipinski definition) is 5. The van der Waals surface area contributed by atoms with E-state index in [1.165, 1.54) is 0 Å². The van der Waals surface area contributed by atoms with E-state index in [9.17, 15) is 5.26 Å². The predicted octanol–water partition coefficient (Wildman–Crippen LogP) is 4.05. The molecule has 0 radical (unpaired) electrons. The van der Waals surface area contributed by atoms with Crippen LogP contribution >= 0.6 is 0 Å². The molecule has 0 unspecified atom stereocenters. The topological polar surface area (TPSA) is 91.4 Å². The summed E-state index contributed by atoms with van der Waals surface area (Å²) in [7, 11) is 0. The molecule has 0 N–H and O–H groups in total. The second-order valence-electron chi connectivity index (χ2n) is 6.03. The van der Waals surface area contributed by atoms with Crippen molar-refractivity contribution in [1.82, 2.24) is 14.7 Å². The van der Waals surface area contributed by atoms with Crippen molar-refractivity contribution in [3.8, 4) is 23.5 Å². The van der Waals surface area contributed by atoms with Crippen molar-refractivity contribution in [3.63, 3.8) is 0 Å². The van der Waals surface area contributed by atoms with Gasteiger partial charge in [-0.15, -0.1) is 0 Å². The van der Waals surface area contributed by atoms with E-state index in [0.29, 0.717) is 5.82 Å². The summed E-state index contributed by atoms with van der Waals surface area (Å²) in [6, 6.07) is 14.0. The van der Waals surface area contributed by atoms with Gasteiger partial charge in [0.15, 0.2) is 0 Å². The average Bonchev–Trinajstić information content (AvgIpc) is 3.21. The van der Waals surface area contributed by atoms with Gasteiger partial charge in [0, 0.05) is 17.0 Å². The molecule has 0 aliphatic heterocycles. The van der Waals surface area contributed by atoms with Crippen molar-refractivity contribution >= 4 is 11.6 Å². The molecule has 6 heteroatoms. The first kappa shape index (κ1) is 17.2. The summed E-state index contributed by atoms with van der Waals surface area (Å²) in [6.45, 7) is 6.11. The van der Waals surface area contributed by atoms with Gasteiger partial charge in [-0.05, 0) is 38.5 Å². The van der Waals surface area contributed by atoms with E-state index in [2.05, 4.69) is 22.3 Å². The molecule has 2 heterocycles. The fourth-order valence-electron chi connectivity index (χ4n) is 2.74. The van der Waals surface area contributed by atoms with Crippen LogP contribution in [0, 0.1) is 43.4 Å². The summed E-state index contributed by atoms with van der Waals surface area (Å²) < 4.78 is 7.18. The molecule has 128 valence electrons. The molecule has 0 saturated heterocycles. The zero-order valence-corrected chi connectivity index (χ0v) is 14.8. The van der Waals surface area contributed by atoms with Crippen molar-refractivity contribution in [3.05, 3.63) is 58.7 Å². The minimum absolute atomic E-state index is 0.174. The Labute approximate surface area is 151 Å². The Kier molecular flexibility index (Phi) is 4.68. The van der Waals surface area contributed by atoms with Gasteiger partial charge in [-0.25, -0.2) is 0 Å². The van der Waals surface area contributed by atoms with Crippen LogP contribution in [-0.2, 0) is 6.54 Å². The van der Waals surface area contributed by atoms with E-state index in [1.54, 1.807) is 6.08 Å². The highest BCUT2D eigenvalue weighted by Crippen LogP contribution is 2.24. The summed E-state index contributed by atoms with van der Waals surface area (Å²) in [4.78, 5) is 4.35. The van der Waals surface area contributed by atoms with Gasteiger partial charge in [0.25, 0.3) is 5.89 Å². The molecule has 0 amide bonds. The van der Waals surface area contributed by atoms with Crippen molar-refractivity contribution in [1.29, 1.82) is 10.5 Å². The molecule has 3 aromatic rings. The molecule has 0 aliphatic carbocycles.